The van der Waals surface area contributed by atoms with Crippen molar-refractivity contribution in [2.24, 2.45) is 11.8 Å². The van der Waals surface area contributed by atoms with Crippen LogP contribution in [0.25, 0.3) is 0 Å². The van der Waals surface area contributed by atoms with Crippen LogP contribution in [0, 0.1) is 11.8 Å². The van der Waals surface area contributed by atoms with Gasteiger partial charge in [-0.1, -0.05) is 86.5 Å². The summed E-state index contributed by atoms with van der Waals surface area (Å²) >= 11 is 0. The highest BCUT2D eigenvalue weighted by atomic mass is 16.5. The minimum atomic E-state index is -0.336. The van der Waals surface area contributed by atoms with Crippen molar-refractivity contribution in [1.82, 2.24) is 0 Å². The highest BCUT2D eigenvalue weighted by Gasteiger charge is 2.23. The molecule has 0 saturated carbocycles. The fraction of sp³-hybridized carbons (Fsp3) is 0.840. The second kappa shape index (κ2) is 17.5. The van der Waals surface area contributed by atoms with Crippen molar-refractivity contribution < 1.29 is 19.1 Å². The number of carbonyl (C=O) groups is 2. The Morgan fingerprint density at radius 1 is 0.586 bits per heavy atom. The van der Waals surface area contributed by atoms with Crippen molar-refractivity contribution >= 4 is 11.9 Å². The second-order valence-electron chi connectivity index (χ2n) is 8.92. The minimum Gasteiger partial charge on any atom is -0.462 e. The van der Waals surface area contributed by atoms with Gasteiger partial charge in [-0.25, -0.2) is 9.59 Å². The molecule has 4 heteroatoms. The van der Waals surface area contributed by atoms with E-state index in [0.717, 1.165) is 32.1 Å². The minimum absolute atomic E-state index is 0.269. The summed E-state index contributed by atoms with van der Waals surface area (Å²) in [4.78, 5) is 25.7. The van der Waals surface area contributed by atoms with Gasteiger partial charge in [0.2, 0.25) is 0 Å². The number of rotatable bonds is 17. The van der Waals surface area contributed by atoms with E-state index in [1.54, 1.807) is 0 Å². The highest BCUT2D eigenvalue weighted by Crippen LogP contribution is 2.23. The highest BCUT2D eigenvalue weighted by molar-refractivity contribution is 6.00. The van der Waals surface area contributed by atoms with Gasteiger partial charge in [-0.2, -0.15) is 0 Å². The molecule has 0 heterocycles. The number of carbonyl (C=O) groups excluding carboxylic acids is 2. The third-order valence-electron chi connectivity index (χ3n) is 4.76. The topological polar surface area (TPSA) is 52.6 Å². The summed E-state index contributed by atoms with van der Waals surface area (Å²) in [5, 5.41) is 0. The van der Waals surface area contributed by atoms with Crippen LogP contribution >= 0.6 is 0 Å². The maximum Gasteiger partial charge on any atom is 0.334 e. The first kappa shape index (κ1) is 27.7. The quantitative estimate of drug-likeness (QED) is 0.147. The summed E-state index contributed by atoms with van der Waals surface area (Å²) in [5.41, 5.74) is 1.09. The van der Waals surface area contributed by atoms with E-state index in [0.29, 0.717) is 37.2 Å². The lowest BCUT2D eigenvalue weighted by Crippen LogP contribution is -2.20. The molecule has 0 saturated heterocycles. The summed E-state index contributed by atoms with van der Waals surface area (Å²) in [6.45, 7) is 13.2. The van der Waals surface area contributed by atoms with Crippen LogP contribution in [-0.2, 0) is 19.1 Å². The average molecular weight is 411 g/mol. The lowest BCUT2D eigenvalue weighted by atomic mass is 9.96. The summed E-state index contributed by atoms with van der Waals surface area (Å²) in [7, 11) is 0. The first-order valence-corrected chi connectivity index (χ1v) is 11.9. The number of hydrogen-bond acceptors (Lipinski definition) is 4. The Hall–Kier alpha value is -1.32. The predicted octanol–water partition coefficient (Wildman–Crippen LogP) is 7.01. The zero-order valence-corrected chi connectivity index (χ0v) is 20.0. The standard InChI is InChI=1S/C25H46O4/c1-7-9-11-12-13-15-17-23(25(27)29-19-21(5)6)22(16-14-10-8-2)24(26)28-18-20(3)4/h20-21H,7-19H2,1-6H3. The van der Waals surface area contributed by atoms with Gasteiger partial charge in [-0.05, 0) is 37.5 Å². The molecule has 0 aromatic carbocycles. The Kier molecular flexibility index (Phi) is 16.7. The van der Waals surface area contributed by atoms with Gasteiger partial charge in [0.05, 0.1) is 13.2 Å². The van der Waals surface area contributed by atoms with Crippen LogP contribution in [0.1, 0.15) is 112 Å². The van der Waals surface area contributed by atoms with E-state index in [4.69, 9.17) is 9.47 Å². The van der Waals surface area contributed by atoms with Crippen molar-refractivity contribution in [2.45, 2.75) is 112 Å². The van der Waals surface area contributed by atoms with Crippen molar-refractivity contribution in [3.8, 4) is 0 Å². The molecule has 0 aromatic rings. The van der Waals surface area contributed by atoms with Gasteiger partial charge in [0.15, 0.2) is 0 Å². The SMILES string of the molecule is CCCCCCCCC(C(=O)OCC(C)C)=C(CCCCC)C(=O)OCC(C)C. The summed E-state index contributed by atoms with van der Waals surface area (Å²) in [6.07, 6.45) is 11.0. The van der Waals surface area contributed by atoms with Gasteiger partial charge in [-0.3, -0.25) is 0 Å². The molecule has 0 aliphatic rings. The number of unbranched alkanes of at least 4 members (excludes halogenated alkanes) is 7. The van der Waals surface area contributed by atoms with Crippen molar-refractivity contribution in [2.75, 3.05) is 13.2 Å². The smallest absolute Gasteiger partial charge is 0.334 e. The molecule has 0 aliphatic carbocycles. The zero-order valence-electron chi connectivity index (χ0n) is 20.0. The number of esters is 2. The van der Waals surface area contributed by atoms with Gasteiger partial charge in [0.1, 0.15) is 0 Å². The lowest BCUT2D eigenvalue weighted by molar-refractivity contribution is -0.143. The maximum absolute atomic E-state index is 12.8. The molecule has 0 aliphatic heterocycles. The fourth-order valence-electron chi connectivity index (χ4n) is 3.05. The monoisotopic (exact) mass is 410 g/mol. The Bertz CT molecular complexity index is 477. The first-order valence-electron chi connectivity index (χ1n) is 11.9. The second-order valence-corrected chi connectivity index (χ2v) is 8.92. The van der Waals surface area contributed by atoms with E-state index in [9.17, 15) is 9.59 Å². The Balaban J connectivity index is 5.37. The molecule has 0 spiro atoms. The maximum atomic E-state index is 12.8. The number of hydrogen-bond donors (Lipinski definition) is 0. The van der Waals surface area contributed by atoms with E-state index < -0.39 is 0 Å². The molecule has 0 atom stereocenters. The zero-order chi connectivity index (χ0) is 22.1. The van der Waals surface area contributed by atoms with Crippen molar-refractivity contribution in [3.05, 3.63) is 11.1 Å². The molecule has 0 unspecified atom stereocenters. The molecule has 0 radical (unpaired) electrons. The van der Waals surface area contributed by atoms with Gasteiger partial charge >= 0.3 is 11.9 Å². The molecule has 0 rings (SSSR count). The van der Waals surface area contributed by atoms with Gasteiger partial charge in [-0.15, -0.1) is 0 Å². The van der Waals surface area contributed by atoms with E-state index >= 15 is 0 Å². The molecule has 29 heavy (non-hydrogen) atoms. The number of ether oxygens (including phenoxy) is 2. The largest absolute Gasteiger partial charge is 0.462 e. The van der Waals surface area contributed by atoms with Crippen LogP contribution in [0.5, 0.6) is 0 Å². The molecule has 4 nitrogen and oxygen atoms in total. The van der Waals surface area contributed by atoms with Crippen LogP contribution in [0.3, 0.4) is 0 Å². The molecular formula is C25H46O4. The van der Waals surface area contributed by atoms with Crippen molar-refractivity contribution in [3.63, 3.8) is 0 Å². The first-order chi connectivity index (χ1) is 13.8. The molecule has 0 fully saturated rings. The van der Waals surface area contributed by atoms with Crippen LogP contribution in [0.2, 0.25) is 0 Å². The summed E-state index contributed by atoms with van der Waals surface area (Å²) in [5.74, 6) is -0.131. The molecule has 0 N–H and O–H groups in total. The summed E-state index contributed by atoms with van der Waals surface area (Å²) < 4.78 is 11.0. The molecular weight excluding hydrogens is 364 g/mol. The Morgan fingerprint density at radius 2 is 0.931 bits per heavy atom. The molecule has 0 aromatic heterocycles. The van der Waals surface area contributed by atoms with Crippen LogP contribution in [0.15, 0.2) is 11.1 Å². The molecule has 0 bridgehead atoms. The van der Waals surface area contributed by atoms with Crippen molar-refractivity contribution in [1.29, 1.82) is 0 Å². The summed E-state index contributed by atoms with van der Waals surface area (Å²) in [6, 6.07) is 0. The van der Waals surface area contributed by atoms with Crippen LogP contribution < -0.4 is 0 Å². The van der Waals surface area contributed by atoms with E-state index in [1.807, 2.05) is 27.7 Å². The van der Waals surface area contributed by atoms with E-state index in [2.05, 4.69) is 13.8 Å². The van der Waals surface area contributed by atoms with Gasteiger partial charge < -0.3 is 9.47 Å². The van der Waals surface area contributed by atoms with Gasteiger partial charge in [0, 0.05) is 11.1 Å². The third-order valence-corrected chi connectivity index (χ3v) is 4.76. The van der Waals surface area contributed by atoms with Gasteiger partial charge in [0.25, 0.3) is 0 Å². The lowest BCUT2D eigenvalue weighted by Gasteiger charge is -2.16. The Labute approximate surface area is 179 Å². The fourth-order valence-corrected chi connectivity index (χ4v) is 3.05. The Morgan fingerprint density at radius 3 is 1.34 bits per heavy atom. The average Bonchev–Trinajstić information content (AvgIpc) is 2.67. The molecule has 170 valence electrons. The predicted molar refractivity (Wildman–Crippen MR) is 121 cm³/mol. The van der Waals surface area contributed by atoms with Crippen LogP contribution in [-0.4, -0.2) is 25.2 Å². The normalized spacial score (nSPS) is 12.3. The third kappa shape index (κ3) is 14.3. The molecule has 0 amide bonds. The van der Waals surface area contributed by atoms with E-state index in [-0.39, 0.29) is 23.8 Å². The van der Waals surface area contributed by atoms with E-state index in [1.165, 1.54) is 25.7 Å². The van der Waals surface area contributed by atoms with Crippen LogP contribution in [0.4, 0.5) is 0 Å².